The molecule has 0 aliphatic rings. The van der Waals surface area contributed by atoms with Crippen LogP contribution in [-0.2, 0) is 30.2 Å². The van der Waals surface area contributed by atoms with Gasteiger partial charge >= 0.3 is 17.9 Å². The van der Waals surface area contributed by atoms with Gasteiger partial charge in [0.2, 0.25) is 0 Å². The highest BCUT2D eigenvalue weighted by Gasteiger charge is 2.08. The summed E-state index contributed by atoms with van der Waals surface area (Å²) >= 11 is 0. The monoisotopic (exact) mass is 756 g/mol. The zero-order chi connectivity index (χ0) is 40.5. The van der Waals surface area contributed by atoms with E-state index in [4.69, 9.17) is 28.4 Å². The topological polar surface area (TPSA) is 124 Å². The lowest BCUT2D eigenvalue weighted by Crippen LogP contribution is -2.08. The van der Waals surface area contributed by atoms with Crippen molar-refractivity contribution in [3.63, 3.8) is 0 Å². The first-order valence-electron chi connectivity index (χ1n) is 18.4. The largest absolute Gasteiger partial charge is 0.496 e. The molecule has 55 heavy (non-hydrogen) atoms. The van der Waals surface area contributed by atoms with Crippen molar-refractivity contribution in [1.82, 2.24) is 0 Å². The van der Waals surface area contributed by atoms with E-state index in [9.17, 15) is 19.2 Å². The van der Waals surface area contributed by atoms with Crippen LogP contribution in [0.25, 0.3) is 0 Å². The lowest BCUT2D eigenvalue weighted by Gasteiger charge is -2.09. The highest BCUT2D eigenvalue weighted by atomic mass is 16.5. The Labute approximate surface area is 326 Å². The van der Waals surface area contributed by atoms with Crippen LogP contribution in [-0.4, -0.2) is 64.3 Å². The Morgan fingerprint density at radius 1 is 0.673 bits per heavy atom. The van der Waals surface area contributed by atoms with E-state index in [0.29, 0.717) is 50.6 Å². The van der Waals surface area contributed by atoms with E-state index in [1.54, 1.807) is 62.6 Å². The van der Waals surface area contributed by atoms with Gasteiger partial charge in [-0.1, -0.05) is 25.3 Å². The predicted octanol–water partition coefficient (Wildman–Crippen LogP) is 8.88. The molecule has 10 nitrogen and oxygen atoms in total. The van der Waals surface area contributed by atoms with Crippen molar-refractivity contribution in [2.75, 3.05) is 40.1 Å². The average Bonchev–Trinajstić information content (AvgIpc) is 3.20. The van der Waals surface area contributed by atoms with Crippen molar-refractivity contribution in [3.8, 4) is 29.6 Å². The molecule has 0 saturated carbocycles. The zero-order valence-corrected chi connectivity index (χ0v) is 32.6. The van der Waals surface area contributed by atoms with Gasteiger partial charge < -0.3 is 28.4 Å². The maximum Gasteiger partial charge on any atom is 0.338 e. The summed E-state index contributed by atoms with van der Waals surface area (Å²) < 4.78 is 31.7. The summed E-state index contributed by atoms with van der Waals surface area (Å²) in [6.45, 7) is 12.7. The number of carbonyl (C=O) groups excluding carboxylic acids is 4. The second kappa shape index (κ2) is 30.6. The highest BCUT2D eigenvalue weighted by molar-refractivity contribution is 5.89. The van der Waals surface area contributed by atoms with Gasteiger partial charge in [-0.15, -0.1) is 12.3 Å². The lowest BCUT2D eigenvalue weighted by molar-refractivity contribution is -0.138. The molecule has 0 saturated heterocycles. The van der Waals surface area contributed by atoms with Crippen molar-refractivity contribution in [3.05, 3.63) is 114 Å². The standard InChI is InChI=1S/C26H32O6.C16H20O4.C3H4/c1-4-25(27)31-17-8-6-5-7-16-30-23-12-10-22(11-13-23)26(28)32-18-15-21-9-14-24(29-3)20(2)19-21;1-2-16(18)20-12-6-4-3-5-11-19-15-9-7-14(13-17)8-10-15;1-3-2/h4,9-14,19H,1,5-8,15-18H2,2-3H3;2,7-10,13H,1,3-6,11-12H2;1H,2H3. The quantitative estimate of drug-likeness (QED) is 0.0219. The van der Waals surface area contributed by atoms with E-state index in [1.807, 2.05) is 25.1 Å². The third kappa shape index (κ3) is 22.8. The van der Waals surface area contributed by atoms with Gasteiger partial charge in [-0.25, -0.2) is 14.4 Å². The fourth-order valence-corrected chi connectivity index (χ4v) is 4.73. The van der Waals surface area contributed by atoms with E-state index >= 15 is 0 Å². The first-order valence-corrected chi connectivity index (χ1v) is 18.4. The molecule has 3 aromatic carbocycles. The SMILES string of the molecule is C#CC.C=CC(=O)OCCCCCCOc1ccc(C(=O)OCCc2ccc(OC)c(C)c2)cc1.C=CC(=O)OCCCCCCOc1ccc(C=O)cc1. The number of aryl methyl sites for hydroxylation is 1. The molecule has 0 heterocycles. The van der Waals surface area contributed by atoms with Crippen LogP contribution in [0.5, 0.6) is 17.2 Å². The first-order chi connectivity index (χ1) is 26.7. The molecule has 0 atom stereocenters. The number of aldehydes is 1. The molecule has 0 amide bonds. The van der Waals surface area contributed by atoms with Crippen molar-refractivity contribution < 1.29 is 47.6 Å². The third-order valence-corrected chi connectivity index (χ3v) is 7.63. The van der Waals surface area contributed by atoms with Gasteiger partial charge in [-0.2, -0.15) is 0 Å². The van der Waals surface area contributed by atoms with Crippen LogP contribution in [0.1, 0.15) is 90.1 Å². The number of esters is 3. The van der Waals surface area contributed by atoms with Crippen LogP contribution in [0.15, 0.2) is 92.0 Å². The van der Waals surface area contributed by atoms with E-state index in [0.717, 1.165) is 86.0 Å². The summed E-state index contributed by atoms with van der Waals surface area (Å²) in [6.07, 6.45) is 15.9. The minimum atomic E-state index is -0.381. The number of ether oxygens (including phenoxy) is 6. The smallest absolute Gasteiger partial charge is 0.338 e. The van der Waals surface area contributed by atoms with Crippen LogP contribution in [0.2, 0.25) is 0 Å². The van der Waals surface area contributed by atoms with Crippen molar-refractivity contribution in [2.45, 2.75) is 71.6 Å². The van der Waals surface area contributed by atoms with Crippen molar-refractivity contribution >= 4 is 24.2 Å². The normalized spacial score (nSPS) is 9.71. The second-order valence-corrected chi connectivity index (χ2v) is 12.0. The van der Waals surface area contributed by atoms with Crippen LogP contribution < -0.4 is 14.2 Å². The molecule has 0 N–H and O–H groups in total. The van der Waals surface area contributed by atoms with Gasteiger partial charge in [0.15, 0.2) is 0 Å². The van der Waals surface area contributed by atoms with Crippen molar-refractivity contribution in [1.29, 1.82) is 0 Å². The maximum atomic E-state index is 12.2. The van der Waals surface area contributed by atoms with E-state index in [-0.39, 0.29) is 17.9 Å². The molecule has 3 aromatic rings. The first kappa shape index (κ1) is 47.2. The molecule has 296 valence electrons. The number of unbranched alkanes of at least 4 members (excludes halogenated alkanes) is 6. The number of carbonyl (C=O) groups is 4. The maximum absolute atomic E-state index is 12.2. The van der Waals surface area contributed by atoms with Gasteiger partial charge in [0.25, 0.3) is 0 Å². The molecule has 10 heteroatoms. The van der Waals surface area contributed by atoms with Crippen LogP contribution in [0, 0.1) is 19.3 Å². The summed E-state index contributed by atoms with van der Waals surface area (Å²) in [5, 5.41) is 0. The van der Waals surface area contributed by atoms with Gasteiger partial charge in [0.05, 0.1) is 45.7 Å². The Morgan fingerprint density at radius 2 is 1.15 bits per heavy atom. The van der Waals surface area contributed by atoms with E-state index < -0.39 is 0 Å². The summed E-state index contributed by atoms with van der Waals surface area (Å²) in [5.74, 6) is 3.49. The van der Waals surface area contributed by atoms with Gasteiger partial charge in [-0.05, 0) is 131 Å². The van der Waals surface area contributed by atoms with Crippen LogP contribution >= 0.6 is 0 Å². The number of benzene rings is 3. The molecule has 0 radical (unpaired) electrons. The van der Waals surface area contributed by atoms with Gasteiger partial charge in [0.1, 0.15) is 23.5 Å². The molecule has 3 rings (SSSR count). The zero-order valence-electron chi connectivity index (χ0n) is 32.6. The lowest BCUT2D eigenvalue weighted by atomic mass is 10.1. The molecule has 0 unspecified atom stereocenters. The molecule has 0 fully saturated rings. The number of hydrogen-bond donors (Lipinski definition) is 0. The second-order valence-electron chi connectivity index (χ2n) is 12.0. The summed E-state index contributed by atoms with van der Waals surface area (Å²) in [6, 6.07) is 20.0. The summed E-state index contributed by atoms with van der Waals surface area (Å²) in [4.78, 5) is 44.4. The Balaban J connectivity index is 0.000000562. The van der Waals surface area contributed by atoms with Gasteiger partial charge in [-0.3, -0.25) is 4.79 Å². The molecule has 0 bridgehead atoms. The van der Waals surface area contributed by atoms with E-state index in [1.165, 1.54) is 12.2 Å². The van der Waals surface area contributed by atoms with E-state index in [2.05, 4.69) is 25.5 Å². The average molecular weight is 757 g/mol. The van der Waals surface area contributed by atoms with Crippen LogP contribution in [0.4, 0.5) is 0 Å². The summed E-state index contributed by atoms with van der Waals surface area (Å²) in [5.41, 5.74) is 3.29. The third-order valence-electron chi connectivity index (χ3n) is 7.63. The Bertz CT molecular complexity index is 1600. The molecule has 0 aromatic heterocycles. The molecule has 0 aliphatic carbocycles. The Morgan fingerprint density at radius 3 is 1.58 bits per heavy atom. The number of methoxy groups -OCH3 is 1. The number of terminal acetylenes is 1. The van der Waals surface area contributed by atoms with Crippen molar-refractivity contribution in [2.24, 2.45) is 0 Å². The summed E-state index contributed by atoms with van der Waals surface area (Å²) in [7, 11) is 1.65. The molecule has 0 spiro atoms. The highest BCUT2D eigenvalue weighted by Crippen LogP contribution is 2.19. The minimum absolute atomic E-state index is 0.315. The predicted molar refractivity (Wildman–Crippen MR) is 215 cm³/mol. The molecular weight excluding hydrogens is 700 g/mol. The van der Waals surface area contributed by atoms with Crippen LogP contribution in [0.3, 0.4) is 0 Å². The fraction of sp³-hybridized carbons (Fsp3) is 0.378. The minimum Gasteiger partial charge on any atom is -0.496 e. The Kier molecular flexibility index (Phi) is 26.3. The van der Waals surface area contributed by atoms with Gasteiger partial charge in [0, 0.05) is 24.1 Å². The molecular formula is C45H56O10. The Hall–Kier alpha value is -5.82. The number of rotatable bonds is 24. The number of hydrogen-bond acceptors (Lipinski definition) is 10. The molecule has 0 aliphatic heterocycles. The fourth-order valence-electron chi connectivity index (χ4n) is 4.73.